The Bertz CT molecular complexity index is 1040. The summed E-state index contributed by atoms with van der Waals surface area (Å²) in [6.45, 7) is 2.17. The molecule has 0 radical (unpaired) electrons. The molecule has 0 aliphatic rings. The molecule has 0 amide bonds. The lowest BCUT2D eigenvalue weighted by Gasteiger charge is -2.20. The van der Waals surface area contributed by atoms with E-state index in [9.17, 15) is 24.2 Å². The molecule has 0 bridgehead atoms. The molecule has 0 aliphatic carbocycles. The molecule has 294 valence electrons. The second-order valence-corrected chi connectivity index (χ2v) is 14.0. The number of carbonyl (C=O) groups excluding carboxylic acids is 2. The highest BCUT2D eigenvalue weighted by Crippen LogP contribution is 2.43. The van der Waals surface area contributed by atoms with E-state index in [0.717, 1.165) is 70.6 Å². The summed E-state index contributed by atoms with van der Waals surface area (Å²) in [4.78, 5) is 34.8. The molecule has 0 aliphatic heterocycles. The van der Waals surface area contributed by atoms with Gasteiger partial charge in [-0.2, -0.15) is 0 Å². The molecule has 3 N–H and O–H groups in total. The molecule has 51 heavy (non-hydrogen) atoms. The van der Waals surface area contributed by atoms with Crippen LogP contribution in [0.25, 0.3) is 0 Å². The fraction of sp³-hybridized carbons (Fsp3) is 0.700. The summed E-state index contributed by atoms with van der Waals surface area (Å²) in [7, 11) is -4.62. The predicted molar refractivity (Wildman–Crippen MR) is 205 cm³/mol. The van der Waals surface area contributed by atoms with Crippen LogP contribution in [0, 0.1) is 0 Å². The first kappa shape index (κ1) is 48.7. The first-order valence-corrected chi connectivity index (χ1v) is 20.7. The Kier molecular flexibility index (Phi) is 34.4. The molecule has 3 atom stereocenters. The van der Waals surface area contributed by atoms with Crippen molar-refractivity contribution < 1.29 is 47.8 Å². The Morgan fingerprint density at radius 1 is 0.608 bits per heavy atom. The van der Waals surface area contributed by atoms with Gasteiger partial charge in [0.15, 0.2) is 6.10 Å². The highest BCUT2D eigenvalue weighted by atomic mass is 31.2. The summed E-state index contributed by atoms with van der Waals surface area (Å²) < 4.78 is 32.5. The SMILES string of the molecule is CC/C=C/C/C=C/C/C=C/C/C=C/C/C=C/CCCCCC(=O)O[C@H](COC(=O)CCCCCCCCCCC)COP(=O)(O)OC[C@@H](O)CO. The van der Waals surface area contributed by atoms with Gasteiger partial charge in [0.1, 0.15) is 12.7 Å². The average Bonchev–Trinajstić information content (AvgIpc) is 3.12. The molecule has 11 heteroatoms. The molecule has 0 heterocycles. The van der Waals surface area contributed by atoms with Crippen molar-refractivity contribution in [1.82, 2.24) is 0 Å². The number of hydrogen-bond donors (Lipinski definition) is 3. The summed E-state index contributed by atoms with van der Waals surface area (Å²) in [6.07, 6.45) is 37.7. The van der Waals surface area contributed by atoms with Crippen LogP contribution in [0.1, 0.15) is 142 Å². The van der Waals surface area contributed by atoms with Crippen molar-refractivity contribution >= 4 is 19.8 Å². The predicted octanol–water partition coefficient (Wildman–Crippen LogP) is 9.55. The topological polar surface area (TPSA) is 149 Å². The molecular formula is C40H69O10P. The van der Waals surface area contributed by atoms with Gasteiger partial charge in [0.2, 0.25) is 0 Å². The van der Waals surface area contributed by atoms with Crippen LogP contribution in [0.3, 0.4) is 0 Å². The molecule has 0 aromatic carbocycles. The molecule has 0 saturated carbocycles. The van der Waals surface area contributed by atoms with Crippen molar-refractivity contribution in [1.29, 1.82) is 0 Å². The van der Waals surface area contributed by atoms with Gasteiger partial charge in [-0.15, -0.1) is 0 Å². The van der Waals surface area contributed by atoms with E-state index < -0.39 is 51.8 Å². The van der Waals surface area contributed by atoms with Crippen molar-refractivity contribution in [3.8, 4) is 0 Å². The van der Waals surface area contributed by atoms with Crippen LogP contribution in [0.4, 0.5) is 0 Å². The normalized spacial score (nSPS) is 14.7. The lowest BCUT2D eigenvalue weighted by Crippen LogP contribution is -2.29. The number of phosphoric acid groups is 1. The molecule has 0 rings (SSSR count). The highest BCUT2D eigenvalue weighted by molar-refractivity contribution is 7.47. The van der Waals surface area contributed by atoms with Crippen molar-refractivity contribution in [2.24, 2.45) is 0 Å². The largest absolute Gasteiger partial charge is 0.472 e. The van der Waals surface area contributed by atoms with Gasteiger partial charge in [-0.1, -0.05) is 132 Å². The van der Waals surface area contributed by atoms with Crippen LogP contribution in [0.2, 0.25) is 0 Å². The van der Waals surface area contributed by atoms with E-state index in [-0.39, 0.29) is 19.4 Å². The van der Waals surface area contributed by atoms with Crippen LogP contribution in [-0.2, 0) is 32.7 Å². The Labute approximate surface area is 308 Å². The quantitative estimate of drug-likeness (QED) is 0.0248. The van der Waals surface area contributed by atoms with Gasteiger partial charge >= 0.3 is 19.8 Å². The van der Waals surface area contributed by atoms with Crippen LogP contribution in [0.15, 0.2) is 60.8 Å². The van der Waals surface area contributed by atoms with Crippen molar-refractivity contribution in [2.75, 3.05) is 26.4 Å². The molecule has 10 nitrogen and oxygen atoms in total. The van der Waals surface area contributed by atoms with E-state index in [4.69, 9.17) is 19.1 Å². The zero-order valence-electron chi connectivity index (χ0n) is 31.5. The third kappa shape index (κ3) is 35.8. The summed E-state index contributed by atoms with van der Waals surface area (Å²) in [5.41, 5.74) is 0. The van der Waals surface area contributed by atoms with Gasteiger partial charge < -0.3 is 24.6 Å². The molecule has 0 saturated heterocycles. The van der Waals surface area contributed by atoms with E-state index >= 15 is 0 Å². The summed E-state index contributed by atoms with van der Waals surface area (Å²) >= 11 is 0. The minimum Gasteiger partial charge on any atom is -0.462 e. The lowest BCUT2D eigenvalue weighted by molar-refractivity contribution is -0.161. The Morgan fingerprint density at radius 3 is 1.63 bits per heavy atom. The maximum absolute atomic E-state index is 12.5. The number of ether oxygens (including phenoxy) is 2. The van der Waals surface area contributed by atoms with Gasteiger partial charge in [0, 0.05) is 12.8 Å². The van der Waals surface area contributed by atoms with Gasteiger partial charge in [0.25, 0.3) is 0 Å². The van der Waals surface area contributed by atoms with Crippen LogP contribution < -0.4 is 0 Å². The molecule has 0 fully saturated rings. The zero-order chi connectivity index (χ0) is 37.7. The van der Waals surface area contributed by atoms with Gasteiger partial charge in [-0.05, 0) is 57.8 Å². The fourth-order valence-corrected chi connectivity index (χ4v) is 5.51. The Morgan fingerprint density at radius 2 is 1.08 bits per heavy atom. The highest BCUT2D eigenvalue weighted by Gasteiger charge is 2.27. The number of hydrogen-bond acceptors (Lipinski definition) is 9. The van der Waals surface area contributed by atoms with Crippen molar-refractivity contribution in [3.63, 3.8) is 0 Å². The monoisotopic (exact) mass is 740 g/mol. The summed E-state index contributed by atoms with van der Waals surface area (Å²) in [5, 5.41) is 18.3. The summed E-state index contributed by atoms with van der Waals surface area (Å²) in [6, 6.07) is 0. The number of phosphoric ester groups is 1. The number of aliphatic hydroxyl groups is 2. The minimum atomic E-state index is -4.62. The lowest BCUT2D eigenvalue weighted by atomic mass is 10.1. The molecular weight excluding hydrogens is 671 g/mol. The third-order valence-electron chi connectivity index (χ3n) is 7.69. The van der Waals surface area contributed by atoms with Crippen LogP contribution in [-0.4, -0.2) is 65.7 Å². The van der Waals surface area contributed by atoms with Gasteiger partial charge in [0.05, 0.1) is 19.8 Å². The molecule has 0 aromatic rings. The van der Waals surface area contributed by atoms with E-state index in [2.05, 4.69) is 79.1 Å². The first-order chi connectivity index (χ1) is 24.7. The van der Waals surface area contributed by atoms with E-state index in [1.807, 2.05) is 0 Å². The Balaban J connectivity index is 4.41. The maximum Gasteiger partial charge on any atom is 0.472 e. The molecule has 0 aromatic heterocycles. The molecule has 1 unspecified atom stereocenters. The first-order valence-electron chi connectivity index (χ1n) is 19.2. The zero-order valence-corrected chi connectivity index (χ0v) is 32.4. The van der Waals surface area contributed by atoms with Gasteiger partial charge in [-0.25, -0.2) is 4.57 Å². The van der Waals surface area contributed by atoms with Crippen LogP contribution in [0.5, 0.6) is 0 Å². The van der Waals surface area contributed by atoms with E-state index in [1.54, 1.807) is 0 Å². The number of rotatable bonds is 35. The minimum absolute atomic E-state index is 0.143. The number of esters is 2. The number of allylic oxidation sites excluding steroid dienone is 10. The Hall–Kier alpha value is -2.33. The van der Waals surface area contributed by atoms with Crippen molar-refractivity contribution in [2.45, 2.75) is 154 Å². The fourth-order valence-electron chi connectivity index (χ4n) is 4.72. The molecule has 0 spiro atoms. The van der Waals surface area contributed by atoms with Crippen molar-refractivity contribution in [3.05, 3.63) is 60.8 Å². The van der Waals surface area contributed by atoms with Crippen LogP contribution >= 0.6 is 7.82 Å². The number of unbranched alkanes of at least 4 members (excludes halogenated alkanes) is 11. The average molecular weight is 741 g/mol. The van der Waals surface area contributed by atoms with E-state index in [1.165, 1.54) is 32.1 Å². The van der Waals surface area contributed by atoms with E-state index in [0.29, 0.717) is 12.8 Å². The maximum atomic E-state index is 12.5. The van der Waals surface area contributed by atoms with Gasteiger partial charge in [-0.3, -0.25) is 18.6 Å². The second-order valence-electron chi connectivity index (χ2n) is 12.6. The number of carbonyl (C=O) groups is 2. The summed E-state index contributed by atoms with van der Waals surface area (Å²) in [5.74, 6) is -0.971. The third-order valence-corrected chi connectivity index (χ3v) is 8.64. The smallest absolute Gasteiger partial charge is 0.462 e. The standard InChI is InChI=1S/C40H69O10P/c1-3-5-7-9-11-13-14-15-16-17-18-19-20-21-22-24-26-28-30-32-40(44)50-38(36-49-51(45,46)48-34-37(42)33-41)35-47-39(43)31-29-27-25-23-12-10-8-6-4-2/h5,7,11,13,15-16,18-19,21-22,37-38,41-42H,3-4,6,8-10,12,14,17,20,23-36H2,1-2H3,(H,45,46)/b7-5+,13-11+,16-15+,19-18+,22-21+/t37-,38+/m0/s1. The second kappa shape index (κ2) is 36.0. The number of aliphatic hydroxyl groups excluding tert-OH is 2.